The largest absolute Gasteiger partial charge is 0.325 e. The minimum atomic E-state index is -0.995. The van der Waals surface area contributed by atoms with Crippen molar-refractivity contribution < 1.29 is 9.59 Å². The van der Waals surface area contributed by atoms with Gasteiger partial charge in [0.05, 0.1) is 0 Å². The molecule has 4 nitrogen and oxygen atoms in total. The lowest BCUT2D eigenvalue weighted by Gasteiger charge is -2.17. The molecule has 1 aliphatic carbocycles. The van der Waals surface area contributed by atoms with Gasteiger partial charge in [-0.2, -0.15) is 0 Å². The Labute approximate surface area is 158 Å². The molecule has 2 aromatic carbocycles. The molecular weight excluding hydrogens is 348 g/mol. The van der Waals surface area contributed by atoms with Gasteiger partial charge in [-0.15, -0.1) is 0 Å². The molecule has 5 heteroatoms. The highest BCUT2D eigenvalue weighted by atomic mass is 35.5. The van der Waals surface area contributed by atoms with Crippen molar-refractivity contribution >= 4 is 34.8 Å². The molecule has 0 saturated heterocycles. The molecule has 2 amide bonds. The summed E-state index contributed by atoms with van der Waals surface area (Å²) in [5, 5.41) is 6.28. The van der Waals surface area contributed by atoms with E-state index in [4.69, 9.17) is 11.6 Å². The van der Waals surface area contributed by atoms with Crippen molar-refractivity contribution in [1.29, 1.82) is 0 Å². The fourth-order valence-electron chi connectivity index (χ4n) is 2.86. The summed E-state index contributed by atoms with van der Waals surface area (Å²) in [5.74, 6) is -0.104. The van der Waals surface area contributed by atoms with Gasteiger partial charge in [0.15, 0.2) is 0 Å². The second kappa shape index (κ2) is 7.12. The van der Waals surface area contributed by atoms with Crippen LogP contribution in [0, 0.1) is 12.3 Å². The molecule has 0 atom stereocenters. The maximum atomic E-state index is 12.7. The van der Waals surface area contributed by atoms with Gasteiger partial charge in [-0.05, 0) is 61.1 Å². The summed E-state index contributed by atoms with van der Waals surface area (Å²) in [6.07, 6.45) is 1.10. The number of rotatable bonds is 5. The first-order chi connectivity index (χ1) is 12.3. The molecule has 0 unspecified atom stereocenters. The molecule has 136 valence electrons. The SMILES string of the molecule is Cc1ccc(Cl)cc1NC(=O)C1(C(=O)Nc2ccc(C(C)C)cc2)CC1. The van der Waals surface area contributed by atoms with Gasteiger partial charge in [0.1, 0.15) is 5.41 Å². The van der Waals surface area contributed by atoms with Gasteiger partial charge in [-0.25, -0.2) is 0 Å². The molecule has 1 fully saturated rings. The van der Waals surface area contributed by atoms with Crippen molar-refractivity contribution in [2.75, 3.05) is 10.6 Å². The molecular formula is C21H23ClN2O2. The molecule has 0 radical (unpaired) electrons. The van der Waals surface area contributed by atoms with E-state index in [-0.39, 0.29) is 11.8 Å². The molecule has 1 saturated carbocycles. The topological polar surface area (TPSA) is 58.2 Å². The summed E-state index contributed by atoms with van der Waals surface area (Å²) in [6, 6.07) is 13.1. The van der Waals surface area contributed by atoms with Crippen molar-refractivity contribution in [3.05, 3.63) is 58.6 Å². The van der Waals surface area contributed by atoms with Gasteiger partial charge >= 0.3 is 0 Å². The number of amides is 2. The second-order valence-electron chi connectivity index (χ2n) is 7.23. The zero-order valence-corrected chi connectivity index (χ0v) is 16.0. The second-order valence-corrected chi connectivity index (χ2v) is 7.66. The molecule has 2 aromatic rings. The summed E-state index contributed by atoms with van der Waals surface area (Å²) >= 11 is 6.00. The lowest BCUT2D eigenvalue weighted by molar-refractivity contribution is -0.131. The third kappa shape index (κ3) is 3.75. The van der Waals surface area contributed by atoms with Crippen LogP contribution >= 0.6 is 11.6 Å². The van der Waals surface area contributed by atoms with Crippen LogP contribution in [-0.2, 0) is 9.59 Å². The van der Waals surface area contributed by atoms with E-state index in [2.05, 4.69) is 24.5 Å². The summed E-state index contributed by atoms with van der Waals surface area (Å²) in [5.41, 5.74) is 2.47. The molecule has 1 aliphatic rings. The number of carbonyl (C=O) groups is 2. The normalized spacial score (nSPS) is 14.8. The fraction of sp³-hybridized carbons (Fsp3) is 0.333. The summed E-state index contributed by atoms with van der Waals surface area (Å²) < 4.78 is 0. The number of benzene rings is 2. The monoisotopic (exact) mass is 370 g/mol. The number of hydrogen-bond donors (Lipinski definition) is 2. The van der Waals surface area contributed by atoms with E-state index >= 15 is 0 Å². The number of anilines is 2. The molecule has 0 aliphatic heterocycles. The lowest BCUT2D eigenvalue weighted by Crippen LogP contribution is -2.35. The average Bonchev–Trinajstić information content (AvgIpc) is 3.40. The standard InChI is InChI=1S/C21H23ClN2O2/c1-13(2)15-5-8-17(9-6-15)23-19(25)21(10-11-21)20(26)24-18-12-16(22)7-4-14(18)3/h4-9,12-13H,10-11H2,1-3H3,(H,23,25)(H,24,26). The molecule has 26 heavy (non-hydrogen) atoms. The van der Waals surface area contributed by atoms with E-state index in [9.17, 15) is 9.59 Å². The Balaban J connectivity index is 1.70. The number of halogens is 1. The Morgan fingerprint density at radius 3 is 2.19 bits per heavy atom. The van der Waals surface area contributed by atoms with Gasteiger partial charge < -0.3 is 10.6 Å². The van der Waals surface area contributed by atoms with Crippen LogP contribution < -0.4 is 10.6 Å². The minimum absolute atomic E-state index is 0.257. The Morgan fingerprint density at radius 2 is 1.62 bits per heavy atom. The molecule has 0 heterocycles. The maximum Gasteiger partial charge on any atom is 0.240 e. The quantitative estimate of drug-likeness (QED) is 0.717. The van der Waals surface area contributed by atoms with Crippen LogP contribution in [0.15, 0.2) is 42.5 Å². The molecule has 0 aromatic heterocycles. The van der Waals surface area contributed by atoms with Gasteiger partial charge in [0.2, 0.25) is 11.8 Å². The predicted octanol–water partition coefficient (Wildman–Crippen LogP) is 5.13. The number of aryl methyl sites for hydroxylation is 1. The van der Waals surface area contributed by atoms with Crippen molar-refractivity contribution in [2.45, 2.75) is 39.5 Å². The highest BCUT2D eigenvalue weighted by Crippen LogP contribution is 2.47. The first kappa shape index (κ1) is 18.5. The van der Waals surface area contributed by atoms with Crippen molar-refractivity contribution in [3.63, 3.8) is 0 Å². The zero-order chi connectivity index (χ0) is 18.9. The summed E-state index contributed by atoms with van der Waals surface area (Å²) in [6.45, 7) is 6.13. The number of nitrogens with one attached hydrogen (secondary N) is 2. The highest BCUT2D eigenvalue weighted by Gasteiger charge is 2.56. The number of hydrogen-bond acceptors (Lipinski definition) is 2. The van der Waals surface area contributed by atoms with E-state index in [0.29, 0.717) is 35.2 Å². The first-order valence-electron chi connectivity index (χ1n) is 8.81. The number of carbonyl (C=O) groups excluding carboxylic acids is 2. The molecule has 0 bridgehead atoms. The molecule has 0 spiro atoms. The lowest BCUT2D eigenvalue weighted by atomic mass is 10.0. The van der Waals surface area contributed by atoms with Crippen LogP contribution in [0.4, 0.5) is 11.4 Å². The molecule has 3 rings (SSSR count). The predicted molar refractivity (Wildman–Crippen MR) is 106 cm³/mol. The van der Waals surface area contributed by atoms with Gasteiger partial charge in [-0.3, -0.25) is 9.59 Å². The Kier molecular flexibility index (Phi) is 5.05. The Morgan fingerprint density at radius 1 is 1.00 bits per heavy atom. The zero-order valence-electron chi connectivity index (χ0n) is 15.2. The van der Waals surface area contributed by atoms with E-state index in [1.54, 1.807) is 12.1 Å². The Hall–Kier alpha value is -2.33. The molecule has 2 N–H and O–H groups in total. The van der Waals surface area contributed by atoms with Crippen molar-refractivity contribution in [2.24, 2.45) is 5.41 Å². The maximum absolute atomic E-state index is 12.7. The van der Waals surface area contributed by atoms with Crippen LogP contribution in [-0.4, -0.2) is 11.8 Å². The average molecular weight is 371 g/mol. The fourth-order valence-corrected chi connectivity index (χ4v) is 3.03. The van der Waals surface area contributed by atoms with E-state index < -0.39 is 5.41 Å². The minimum Gasteiger partial charge on any atom is -0.325 e. The van der Waals surface area contributed by atoms with Gasteiger partial charge in [-0.1, -0.05) is 43.6 Å². The third-order valence-corrected chi connectivity index (χ3v) is 5.14. The van der Waals surface area contributed by atoms with E-state index in [1.165, 1.54) is 5.56 Å². The Bertz CT molecular complexity index is 840. The smallest absolute Gasteiger partial charge is 0.240 e. The van der Waals surface area contributed by atoms with Crippen molar-refractivity contribution in [3.8, 4) is 0 Å². The van der Waals surface area contributed by atoms with E-state index in [1.807, 2.05) is 37.3 Å². The summed E-state index contributed by atoms with van der Waals surface area (Å²) in [4.78, 5) is 25.4. The van der Waals surface area contributed by atoms with Crippen LogP contribution in [0.5, 0.6) is 0 Å². The van der Waals surface area contributed by atoms with Crippen LogP contribution in [0.3, 0.4) is 0 Å². The third-order valence-electron chi connectivity index (χ3n) is 4.90. The summed E-state index contributed by atoms with van der Waals surface area (Å²) in [7, 11) is 0. The van der Waals surface area contributed by atoms with E-state index in [0.717, 1.165) is 5.56 Å². The van der Waals surface area contributed by atoms with Gasteiger partial charge in [0, 0.05) is 16.4 Å². The van der Waals surface area contributed by atoms with Gasteiger partial charge in [0.25, 0.3) is 0 Å². The first-order valence-corrected chi connectivity index (χ1v) is 9.19. The highest BCUT2D eigenvalue weighted by molar-refractivity contribution is 6.31. The van der Waals surface area contributed by atoms with Crippen LogP contribution in [0.2, 0.25) is 5.02 Å². The van der Waals surface area contributed by atoms with Crippen LogP contribution in [0.25, 0.3) is 0 Å². The van der Waals surface area contributed by atoms with Crippen LogP contribution in [0.1, 0.15) is 43.7 Å². The van der Waals surface area contributed by atoms with Crippen molar-refractivity contribution in [1.82, 2.24) is 0 Å².